The molecule has 0 fully saturated rings. The first-order valence-corrected chi connectivity index (χ1v) is 11.6. The average molecular weight is 474 g/mol. The molecule has 35 heavy (non-hydrogen) atoms. The Morgan fingerprint density at radius 3 is 2.00 bits per heavy atom. The highest BCUT2D eigenvalue weighted by atomic mass is 16.6. The van der Waals surface area contributed by atoms with Crippen LogP contribution in [0.3, 0.4) is 0 Å². The van der Waals surface area contributed by atoms with Crippen molar-refractivity contribution in [3.05, 3.63) is 112 Å². The Kier molecular flexibility index (Phi) is 8.36. The van der Waals surface area contributed by atoms with Crippen LogP contribution >= 0.6 is 0 Å². The van der Waals surface area contributed by atoms with E-state index in [1.807, 2.05) is 81.4 Å². The average Bonchev–Trinajstić information content (AvgIpc) is 2.81. The van der Waals surface area contributed by atoms with Crippen LogP contribution < -0.4 is 5.32 Å². The molecule has 0 saturated heterocycles. The second kappa shape index (κ2) is 11.4. The summed E-state index contributed by atoms with van der Waals surface area (Å²) in [6, 6.07) is 24.4. The summed E-state index contributed by atoms with van der Waals surface area (Å²) >= 11 is 0. The minimum Gasteiger partial charge on any atom is -0.350 e. The molecule has 0 spiro atoms. The van der Waals surface area contributed by atoms with Crippen LogP contribution in [0, 0.1) is 10.1 Å². The van der Waals surface area contributed by atoms with Gasteiger partial charge in [-0.1, -0.05) is 78.9 Å². The van der Waals surface area contributed by atoms with Crippen molar-refractivity contribution in [2.75, 3.05) is 0 Å². The SMILES string of the molecule is CC(C)(C)NC(=O)[C@H](Cc1ccccc1)N(Cc1ccccc1)C(=O)Cc1ccccc1[N+](=O)[O-]. The van der Waals surface area contributed by atoms with E-state index in [9.17, 15) is 19.7 Å². The van der Waals surface area contributed by atoms with Gasteiger partial charge in [0.05, 0.1) is 11.3 Å². The largest absolute Gasteiger partial charge is 0.350 e. The van der Waals surface area contributed by atoms with Crippen LogP contribution in [0.1, 0.15) is 37.5 Å². The molecule has 0 aliphatic rings. The summed E-state index contributed by atoms with van der Waals surface area (Å²) in [5.41, 5.74) is 1.49. The molecular formula is C28H31N3O4. The van der Waals surface area contributed by atoms with Gasteiger partial charge in [-0.15, -0.1) is 0 Å². The molecule has 0 aliphatic carbocycles. The molecule has 7 nitrogen and oxygen atoms in total. The Balaban J connectivity index is 2.01. The van der Waals surface area contributed by atoms with E-state index in [0.717, 1.165) is 11.1 Å². The van der Waals surface area contributed by atoms with Gasteiger partial charge in [0.25, 0.3) is 5.69 Å². The highest BCUT2D eigenvalue weighted by Gasteiger charge is 2.33. The van der Waals surface area contributed by atoms with E-state index in [2.05, 4.69) is 5.32 Å². The first-order valence-electron chi connectivity index (χ1n) is 11.6. The molecule has 182 valence electrons. The van der Waals surface area contributed by atoms with Gasteiger partial charge >= 0.3 is 0 Å². The molecular weight excluding hydrogens is 442 g/mol. The third-order valence-corrected chi connectivity index (χ3v) is 5.50. The van der Waals surface area contributed by atoms with Gasteiger partial charge in [-0.05, 0) is 31.9 Å². The van der Waals surface area contributed by atoms with Crippen LogP contribution in [0.4, 0.5) is 5.69 Å². The van der Waals surface area contributed by atoms with Crippen LogP contribution in [0.5, 0.6) is 0 Å². The number of nitro groups is 1. The van der Waals surface area contributed by atoms with Crippen LogP contribution in [-0.4, -0.2) is 33.2 Å². The van der Waals surface area contributed by atoms with Crippen molar-refractivity contribution in [1.82, 2.24) is 10.2 Å². The van der Waals surface area contributed by atoms with Crippen molar-refractivity contribution in [2.45, 2.75) is 51.7 Å². The Morgan fingerprint density at radius 2 is 1.43 bits per heavy atom. The van der Waals surface area contributed by atoms with E-state index in [1.54, 1.807) is 23.1 Å². The zero-order valence-corrected chi connectivity index (χ0v) is 20.3. The van der Waals surface area contributed by atoms with Gasteiger partial charge < -0.3 is 10.2 Å². The van der Waals surface area contributed by atoms with Gasteiger partial charge in [-0.2, -0.15) is 0 Å². The van der Waals surface area contributed by atoms with Crippen molar-refractivity contribution < 1.29 is 14.5 Å². The summed E-state index contributed by atoms with van der Waals surface area (Å²) in [5.74, 6) is -0.624. The molecule has 0 radical (unpaired) electrons. The number of carbonyl (C=O) groups is 2. The molecule has 0 aromatic heterocycles. The van der Waals surface area contributed by atoms with Crippen molar-refractivity contribution >= 4 is 17.5 Å². The molecule has 0 bridgehead atoms. The number of para-hydroxylation sites is 1. The lowest BCUT2D eigenvalue weighted by molar-refractivity contribution is -0.385. The number of amides is 2. The summed E-state index contributed by atoms with van der Waals surface area (Å²) in [6.45, 7) is 5.87. The van der Waals surface area contributed by atoms with E-state index in [0.29, 0.717) is 12.0 Å². The minimum atomic E-state index is -0.799. The van der Waals surface area contributed by atoms with Crippen molar-refractivity contribution in [3.8, 4) is 0 Å². The number of benzene rings is 3. The smallest absolute Gasteiger partial charge is 0.273 e. The minimum absolute atomic E-state index is 0.112. The van der Waals surface area contributed by atoms with Crippen molar-refractivity contribution in [2.24, 2.45) is 0 Å². The summed E-state index contributed by atoms with van der Waals surface area (Å²) < 4.78 is 0. The summed E-state index contributed by atoms with van der Waals surface area (Å²) in [6.07, 6.45) is 0.135. The van der Waals surface area contributed by atoms with Crippen LogP contribution in [0.15, 0.2) is 84.9 Å². The lowest BCUT2D eigenvalue weighted by Gasteiger charge is -2.34. The molecule has 3 rings (SSSR count). The number of rotatable bonds is 9. The standard InChI is InChI=1S/C28H31N3O4/c1-28(2,3)29-27(33)25(18-21-12-6-4-7-13-21)30(20-22-14-8-5-9-15-22)26(32)19-23-16-10-11-17-24(23)31(34)35/h4-17,25H,18-20H2,1-3H3,(H,29,33)/t25-/m0/s1. The fourth-order valence-corrected chi connectivity index (χ4v) is 3.89. The maximum absolute atomic E-state index is 13.7. The van der Waals surface area contributed by atoms with Crippen LogP contribution in [0.25, 0.3) is 0 Å². The van der Waals surface area contributed by atoms with E-state index in [4.69, 9.17) is 0 Å². The maximum Gasteiger partial charge on any atom is 0.273 e. The molecule has 3 aromatic rings. The monoisotopic (exact) mass is 473 g/mol. The molecule has 2 amide bonds. The van der Waals surface area contributed by atoms with Gasteiger partial charge in [0.1, 0.15) is 6.04 Å². The van der Waals surface area contributed by atoms with Gasteiger partial charge in [-0.25, -0.2) is 0 Å². The zero-order valence-electron chi connectivity index (χ0n) is 20.3. The third kappa shape index (κ3) is 7.50. The second-order valence-corrected chi connectivity index (χ2v) is 9.51. The Labute approximate surface area is 205 Å². The lowest BCUT2D eigenvalue weighted by atomic mass is 9.99. The molecule has 0 aliphatic heterocycles. The number of nitrogens with one attached hydrogen (secondary N) is 1. The van der Waals surface area contributed by atoms with Gasteiger partial charge in [0, 0.05) is 30.1 Å². The van der Waals surface area contributed by atoms with Gasteiger partial charge in [-0.3, -0.25) is 19.7 Å². The Bertz CT molecular complexity index is 1160. The Hall–Kier alpha value is -4.00. The molecule has 0 saturated carbocycles. The van der Waals surface area contributed by atoms with Crippen molar-refractivity contribution in [3.63, 3.8) is 0 Å². The molecule has 0 heterocycles. The zero-order chi connectivity index (χ0) is 25.4. The molecule has 1 atom stereocenters. The molecule has 7 heteroatoms. The number of nitro benzene ring substituents is 1. The number of nitrogens with zero attached hydrogens (tertiary/aromatic N) is 2. The van der Waals surface area contributed by atoms with Crippen molar-refractivity contribution in [1.29, 1.82) is 0 Å². The van der Waals surface area contributed by atoms with E-state index < -0.39 is 16.5 Å². The topological polar surface area (TPSA) is 92.6 Å². The van der Waals surface area contributed by atoms with E-state index in [1.165, 1.54) is 6.07 Å². The molecule has 3 aromatic carbocycles. The fraction of sp³-hybridized carbons (Fsp3) is 0.286. The highest BCUT2D eigenvalue weighted by Crippen LogP contribution is 2.22. The molecule has 0 unspecified atom stereocenters. The predicted molar refractivity (Wildman–Crippen MR) is 136 cm³/mol. The van der Waals surface area contributed by atoms with E-state index >= 15 is 0 Å². The molecule has 1 N–H and O–H groups in total. The van der Waals surface area contributed by atoms with Gasteiger partial charge in [0.15, 0.2) is 0 Å². The number of hydrogen-bond acceptors (Lipinski definition) is 4. The summed E-state index contributed by atoms with van der Waals surface area (Å²) in [5, 5.41) is 14.5. The maximum atomic E-state index is 13.7. The first-order chi connectivity index (χ1) is 16.6. The first kappa shape index (κ1) is 25.6. The Morgan fingerprint density at radius 1 is 0.886 bits per heavy atom. The van der Waals surface area contributed by atoms with Crippen LogP contribution in [0.2, 0.25) is 0 Å². The van der Waals surface area contributed by atoms with E-state index in [-0.39, 0.29) is 30.5 Å². The highest BCUT2D eigenvalue weighted by molar-refractivity contribution is 5.89. The summed E-state index contributed by atoms with van der Waals surface area (Å²) in [7, 11) is 0. The fourth-order valence-electron chi connectivity index (χ4n) is 3.89. The van der Waals surface area contributed by atoms with Crippen LogP contribution in [-0.2, 0) is 29.0 Å². The second-order valence-electron chi connectivity index (χ2n) is 9.51. The quantitative estimate of drug-likeness (QED) is 0.360. The predicted octanol–water partition coefficient (Wildman–Crippen LogP) is 4.69. The van der Waals surface area contributed by atoms with Gasteiger partial charge in [0.2, 0.25) is 11.8 Å². The number of carbonyl (C=O) groups excluding carboxylic acids is 2. The summed E-state index contributed by atoms with van der Waals surface area (Å²) in [4.78, 5) is 39.8. The lowest BCUT2D eigenvalue weighted by Crippen LogP contribution is -2.54. The third-order valence-electron chi connectivity index (χ3n) is 5.50. The number of hydrogen-bond donors (Lipinski definition) is 1. The normalized spacial score (nSPS) is 12.0.